The van der Waals surface area contributed by atoms with Crippen LogP contribution in [0.5, 0.6) is 0 Å². The van der Waals surface area contributed by atoms with E-state index in [1.54, 1.807) is 5.48 Å². The normalized spacial score (nSPS) is 11.1. The smallest absolute Gasteiger partial charge is 0.269 e. The molecule has 7 heteroatoms. The number of guanidine groups is 1. The second kappa shape index (κ2) is 3.02. The van der Waals surface area contributed by atoms with Crippen molar-refractivity contribution in [3.63, 3.8) is 0 Å². The van der Waals surface area contributed by atoms with E-state index in [-0.39, 0.29) is 5.96 Å². The summed E-state index contributed by atoms with van der Waals surface area (Å²) in [5.41, 5.74) is 1.55. The molecule has 0 unspecified atom stereocenters. The van der Waals surface area contributed by atoms with Gasteiger partial charge in [-0.25, -0.2) is 22.3 Å². The number of rotatable bonds is 0. The van der Waals surface area contributed by atoms with Crippen LogP contribution in [0.15, 0.2) is 5.10 Å². The van der Waals surface area contributed by atoms with Crippen molar-refractivity contribution in [2.24, 2.45) is 22.6 Å². The van der Waals surface area contributed by atoms with Crippen LogP contribution in [0.4, 0.5) is 0 Å². The number of hydrazine groups is 2. The Morgan fingerprint density at radius 3 is 2.12 bits per heavy atom. The Labute approximate surface area is 45.6 Å². The molecule has 7 nitrogen and oxygen atoms in total. The van der Waals surface area contributed by atoms with Crippen LogP contribution in [-0.2, 0) is 0 Å². The Kier molecular flexibility index (Phi) is 2.62. The lowest BCUT2D eigenvalue weighted by Crippen LogP contribution is -2.49. The first kappa shape index (κ1) is 6.95. The molecule has 0 heterocycles. The van der Waals surface area contributed by atoms with E-state index in [1.807, 2.05) is 0 Å². The SMILES string of the molecule is NN=C(NO)N(N)N. The minimum Gasteiger partial charge on any atom is -0.320 e. The molecule has 0 radical (unpaired) electrons. The molecular formula is CH8N6O. The zero-order valence-corrected chi connectivity index (χ0v) is 4.07. The highest BCUT2D eigenvalue weighted by molar-refractivity contribution is 5.77. The Balaban J connectivity index is 3.72. The van der Waals surface area contributed by atoms with Crippen molar-refractivity contribution in [2.75, 3.05) is 0 Å². The summed E-state index contributed by atoms with van der Waals surface area (Å²) in [6.07, 6.45) is 0. The van der Waals surface area contributed by atoms with Crippen molar-refractivity contribution >= 4 is 5.96 Å². The molecule has 0 saturated heterocycles. The summed E-state index contributed by atoms with van der Waals surface area (Å²) in [6, 6.07) is 0. The lowest BCUT2D eigenvalue weighted by Gasteiger charge is -2.09. The lowest BCUT2D eigenvalue weighted by molar-refractivity contribution is 0.210. The Hall–Kier alpha value is -1.05. The molecule has 48 valence electrons. The third kappa shape index (κ3) is 1.60. The monoisotopic (exact) mass is 120 g/mol. The van der Waals surface area contributed by atoms with Crippen LogP contribution in [0.1, 0.15) is 0 Å². The van der Waals surface area contributed by atoms with Gasteiger partial charge in [-0.1, -0.05) is 0 Å². The van der Waals surface area contributed by atoms with E-state index in [0.29, 0.717) is 5.12 Å². The molecule has 0 spiro atoms. The predicted octanol–water partition coefficient (Wildman–Crippen LogP) is -2.76. The van der Waals surface area contributed by atoms with E-state index < -0.39 is 0 Å². The summed E-state index contributed by atoms with van der Waals surface area (Å²) in [7, 11) is 0. The Morgan fingerprint density at radius 2 is 2.12 bits per heavy atom. The van der Waals surface area contributed by atoms with Crippen LogP contribution < -0.4 is 23.0 Å². The minimum atomic E-state index is -0.218. The van der Waals surface area contributed by atoms with Crippen molar-refractivity contribution in [1.29, 1.82) is 0 Å². The van der Waals surface area contributed by atoms with E-state index in [0.717, 1.165) is 0 Å². The van der Waals surface area contributed by atoms with Crippen molar-refractivity contribution in [3.05, 3.63) is 0 Å². The number of hydroxylamine groups is 1. The minimum absolute atomic E-state index is 0.218. The van der Waals surface area contributed by atoms with E-state index in [4.69, 9.17) is 16.9 Å². The fraction of sp³-hybridized carbons (Fsp3) is 0. The van der Waals surface area contributed by atoms with Gasteiger partial charge in [-0.3, -0.25) is 5.21 Å². The molecule has 0 rings (SSSR count). The maximum atomic E-state index is 8.03. The average molecular weight is 120 g/mol. The topological polar surface area (TPSA) is 126 Å². The highest BCUT2D eigenvalue weighted by Gasteiger charge is 1.95. The third-order valence-corrected chi connectivity index (χ3v) is 0.467. The van der Waals surface area contributed by atoms with Crippen LogP contribution >= 0.6 is 0 Å². The van der Waals surface area contributed by atoms with Gasteiger partial charge in [-0.15, -0.1) is 5.10 Å². The van der Waals surface area contributed by atoms with Gasteiger partial charge in [0.1, 0.15) is 0 Å². The summed E-state index contributed by atoms with van der Waals surface area (Å²) in [5, 5.41) is 11.5. The van der Waals surface area contributed by atoms with Gasteiger partial charge in [0.15, 0.2) is 0 Å². The van der Waals surface area contributed by atoms with Gasteiger partial charge in [0.25, 0.3) is 5.96 Å². The number of nitrogens with two attached hydrogens (primary N) is 3. The maximum Gasteiger partial charge on any atom is 0.269 e. The van der Waals surface area contributed by atoms with Gasteiger partial charge in [0.05, 0.1) is 0 Å². The molecule has 0 amide bonds. The molecule has 0 atom stereocenters. The summed E-state index contributed by atoms with van der Waals surface area (Å²) < 4.78 is 0. The zero-order chi connectivity index (χ0) is 6.57. The molecule has 0 aliphatic carbocycles. The highest BCUT2D eigenvalue weighted by atomic mass is 16.5. The van der Waals surface area contributed by atoms with Crippen LogP contribution in [0.2, 0.25) is 0 Å². The second-order valence-corrected chi connectivity index (χ2v) is 0.972. The molecule has 0 bridgehead atoms. The van der Waals surface area contributed by atoms with Gasteiger partial charge in [-0.2, -0.15) is 0 Å². The van der Waals surface area contributed by atoms with Gasteiger partial charge >= 0.3 is 0 Å². The van der Waals surface area contributed by atoms with Gasteiger partial charge in [0, 0.05) is 0 Å². The standard InChI is InChI=1S/CH8N6O/c2-5-1(6-8)7(3)4/h8H,2-4H2,(H,5,6). The first-order valence-electron chi connectivity index (χ1n) is 1.70. The van der Waals surface area contributed by atoms with E-state index in [2.05, 4.69) is 10.9 Å². The number of hydrogen-bond donors (Lipinski definition) is 5. The molecule has 8 N–H and O–H groups in total. The van der Waals surface area contributed by atoms with Crippen molar-refractivity contribution in [1.82, 2.24) is 10.6 Å². The fourth-order valence-corrected chi connectivity index (χ4v) is 0.153. The van der Waals surface area contributed by atoms with Gasteiger partial charge < -0.3 is 5.84 Å². The highest BCUT2D eigenvalue weighted by Crippen LogP contribution is 1.61. The lowest BCUT2D eigenvalue weighted by atomic mass is 11.0. The molecule has 0 aromatic carbocycles. The van der Waals surface area contributed by atoms with Crippen LogP contribution in [0.3, 0.4) is 0 Å². The first-order chi connectivity index (χ1) is 3.72. The van der Waals surface area contributed by atoms with Crippen LogP contribution in [0.25, 0.3) is 0 Å². The summed E-state index contributed by atoms with van der Waals surface area (Å²) in [6.45, 7) is 0. The zero-order valence-electron chi connectivity index (χ0n) is 4.07. The van der Waals surface area contributed by atoms with Crippen molar-refractivity contribution in [2.45, 2.75) is 0 Å². The predicted molar refractivity (Wildman–Crippen MR) is 26.8 cm³/mol. The Morgan fingerprint density at radius 1 is 1.62 bits per heavy atom. The number of hydrazone groups is 1. The molecule has 0 aliphatic rings. The Bertz CT molecular complexity index is 86.5. The first-order valence-corrected chi connectivity index (χ1v) is 1.70. The number of nitrogens with zero attached hydrogens (tertiary/aromatic N) is 2. The largest absolute Gasteiger partial charge is 0.320 e. The number of hydrogen-bond acceptors (Lipinski definition) is 5. The summed E-state index contributed by atoms with van der Waals surface area (Å²) in [4.78, 5) is 0. The maximum absolute atomic E-state index is 8.03. The number of nitrogens with one attached hydrogen (secondary N) is 1. The summed E-state index contributed by atoms with van der Waals surface area (Å²) >= 11 is 0. The van der Waals surface area contributed by atoms with E-state index in [9.17, 15) is 0 Å². The van der Waals surface area contributed by atoms with Gasteiger partial charge in [0.2, 0.25) is 0 Å². The molecule has 8 heavy (non-hydrogen) atoms. The molecule has 0 saturated carbocycles. The van der Waals surface area contributed by atoms with E-state index >= 15 is 0 Å². The molecule has 0 aromatic rings. The second-order valence-electron chi connectivity index (χ2n) is 0.972. The molecular weight excluding hydrogens is 112 g/mol. The molecule has 0 aromatic heterocycles. The molecule has 0 fully saturated rings. The third-order valence-electron chi connectivity index (χ3n) is 0.467. The van der Waals surface area contributed by atoms with Crippen molar-refractivity contribution < 1.29 is 5.21 Å². The van der Waals surface area contributed by atoms with Crippen LogP contribution in [0, 0.1) is 0 Å². The quantitative estimate of drug-likeness (QED) is 0.102. The fourth-order valence-electron chi connectivity index (χ4n) is 0.153. The van der Waals surface area contributed by atoms with Gasteiger partial charge in [-0.05, 0) is 0 Å². The summed E-state index contributed by atoms with van der Waals surface area (Å²) in [5.74, 6) is 14.1. The average Bonchev–Trinajstić information content (AvgIpc) is 1.69. The van der Waals surface area contributed by atoms with E-state index in [1.165, 1.54) is 0 Å². The van der Waals surface area contributed by atoms with Crippen molar-refractivity contribution in [3.8, 4) is 0 Å². The van der Waals surface area contributed by atoms with Crippen LogP contribution in [-0.4, -0.2) is 16.3 Å². The molecule has 0 aliphatic heterocycles.